The molecule has 0 saturated heterocycles. The third-order valence-electron chi connectivity index (χ3n) is 3.49. The lowest BCUT2D eigenvalue weighted by Crippen LogP contribution is -2.30. The van der Waals surface area contributed by atoms with Crippen LogP contribution in [-0.2, 0) is 11.3 Å². The molecule has 2 aromatic heterocycles. The van der Waals surface area contributed by atoms with Crippen molar-refractivity contribution < 1.29 is 9.53 Å². The van der Waals surface area contributed by atoms with Gasteiger partial charge in [-0.2, -0.15) is 10.1 Å². The molecule has 2 rings (SSSR count). The minimum Gasteiger partial charge on any atom is -0.479 e. The number of methoxy groups -OCH3 is 1. The molecule has 1 N–H and O–H groups in total. The molecular weight excluding hydrogens is 332 g/mol. The van der Waals surface area contributed by atoms with E-state index >= 15 is 0 Å². The van der Waals surface area contributed by atoms with Crippen LogP contribution in [0.25, 0.3) is 0 Å². The zero-order valence-corrected chi connectivity index (χ0v) is 14.7. The Hall–Kier alpha value is -2.35. The van der Waals surface area contributed by atoms with Crippen LogP contribution in [0.4, 0.5) is 11.5 Å². The third kappa shape index (κ3) is 4.14. The standard InChI is InChI=1S/C15H21ClN6O2/c1-4-21(5-2)13-12(15(24-3)18-10-17-13)20-14(23)11(16)9-22-8-6-7-19-22/h6-8,10-11H,4-5,9H2,1-3H3,(H,20,23). The molecule has 1 atom stereocenters. The maximum atomic E-state index is 12.4. The Morgan fingerprint density at radius 2 is 2.17 bits per heavy atom. The zero-order chi connectivity index (χ0) is 17.5. The first-order valence-electron chi connectivity index (χ1n) is 7.66. The smallest absolute Gasteiger partial charge is 0.244 e. The number of nitrogens with one attached hydrogen (secondary N) is 1. The van der Waals surface area contributed by atoms with Gasteiger partial charge < -0.3 is 15.0 Å². The Bertz CT molecular complexity index is 660. The first-order chi connectivity index (χ1) is 11.6. The third-order valence-corrected chi connectivity index (χ3v) is 3.82. The maximum absolute atomic E-state index is 12.4. The van der Waals surface area contributed by atoms with Gasteiger partial charge in [0.25, 0.3) is 0 Å². The molecule has 0 aromatic carbocycles. The number of anilines is 2. The van der Waals surface area contributed by atoms with Crippen LogP contribution in [-0.4, -0.2) is 51.2 Å². The minimum absolute atomic E-state index is 0.261. The Morgan fingerprint density at radius 1 is 1.42 bits per heavy atom. The van der Waals surface area contributed by atoms with Gasteiger partial charge in [0, 0.05) is 25.5 Å². The lowest BCUT2D eigenvalue weighted by atomic mass is 10.3. The fourth-order valence-electron chi connectivity index (χ4n) is 2.24. The predicted molar refractivity (Wildman–Crippen MR) is 92.6 cm³/mol. The van der Waals surface area contributed by atoms with Gasteiger partial charge in [-0.3, -0.25) is 9.48 Å². The number of hydrogen-bond donors (Lipinski definition) is 1. The van der Waals surface area contributed by atoms with Crippen molar-refractivity contribution in [2.24, 2.45) is 0 Å². The van der Waals surface area contributed by atoms with Gasteiger partial charge in [-0.25, -0.2) is 4.98 Å². The van der Waals surface area contributed by atoms with Gasteiger partial charge in [-0.15, -0.1) is 11.6 Å². The topological polar surface area (TPSA) is 85.2 Å². The molecule has 0 radical (unpaired) electrons. The van der Waals surface area contributed by atoms with Crippen molar-refractivity contribution >= 4 is 29.0 Å². The number of hydrogen-bond acceptors (Lipinski definition) is 6. The highest BCUT2D eigenvalue weighted by atomic mass is 35.5. The summed E-state index contributed by atoms with van der Waals surface area (Å²) in [6.07, 6.45) is 4.79. The number of rotatable bonds is 8. The van der Waals surface area contributed by atoms with E-state index in [1.54, 1.807) is 23.1 Å². The summed E-state index contributed by atoms with van der Waals surface area (Å²) >= 11 is 6.20. The van der Waals surface area contributed by atoms with E-state index in [4.69, 9.17) is 16.3 Å². The van der Waals surface area contributed by atoms with Crippen LogP contribution in [0.15, 0.2) is 24.8 Å². The summed E-state index contributed by atoms with van der Waals surface area (Å²) in [5.74, 6) is 0.528. The summed E-state index contributed by atoms with van der Waals surface area (Å²) in [4.78, 5) is 22.8. The summed E-state index contributed by atoms with van der Waals surface area (Å²) < 4.78 is 6.86. The van der Waals surface area contributed by atoms with Gasteiger partial charge in [0.2, 0.25) is 11.8 Å². The normalized spacial score (nSPS) is 11.8. The summed E-state index contributed by atoms with van der Waals surface area (Å²) in [6.45, 7) is 5.74. The molecule has 0 spiro atoms. The summed E-state index contributed by atoms with van der Waals surface area (Å²) in [5, 5.41) is 6.04. The minimum atomic E-state index is -0.792. The average molecular weight is 353 g/mol. The second-order valence-electron chi connectivity index (χ2n) is 4.94. The number of halogens is 1. The van der Waals surface area contributed by atoms with Gasteiger partial charge in [0.1, 0.15) is 17.4 Å². The maximum Gasteiger partial charge on any atom is 0.244 e. The van der Waals surface area contributed by atoms with Gasteiger partial charge in [-0.1, -0.05) is 0 Å². The lowest BCUT2D eigenvalue weighted by molar-refractivity contribution is -0.116. The molecule has 0 aliphatic carbocycles. The molecule has 0 saturated carbocycles. The number of amides is 1. The van der Waals surface area contributed by atoms with Crippen LogP contribution in [0.1, 0.15) is 13.8 Å². The van der Waals surface area contributed by atoms with Crippen LogP contribution in [0.2, 0.25) is 0 Å². The van der Waals surface area contributed by atoms with Crippen molar-refractivity contribution in [1.82, 2.24) is 19.7 Å². The highest BCUT2D eigenvalue weighted by molar-refractivity contribution is 6.32. The quantitative estimate of drug-likeness (QED) is 0.729. The van der Waals surface area contributed by atoms with E-state index in [9.17, 15) is 4.79 Å². The Labute approximate surface area is 145 Å². The van der Waals surface area contributed by atoms with E-state index in [0.29, 0.717) is 17.4 Å². The number of alkyl halides is 1. The predicted octanol–water partition coefficient (Wildman–Crippen LogP) is 1.77. The summed E-state index contributed by atoms with van der Waals surface area (Å²) in [5.41, 5.74) is 0.416. The molecule has 24 heavy (non-hydrogen) atoms. The van der Waals surface area contributed by atoms with Crippen molar-refractivity contribution in [2.75, 3.05) is 30.4 Å². The van der Waals surface area contributed by atoms with E-state index in [1.807, 2.05) is 18.7 Å². The largest absolute Gasteiger partial charge is 0.479 e. The van der Waals surface area contributed by atoms with E-state index in [2.05, 4.69) is 20.4 Å². The van der Waals surface area contributed by atoms with E-state index in [0.717, 1.165) is 13.1 Å². The number of carbonyl (C=O) groups excluding carboxylic acids is 1. The van der Waals surface area contributed by atoms with Crippen LogP contribution in [0.5, 0.6) is 5.88 Å². The highest BCUT2D eigenvalue weighted by Gasteiger charge is 2.23. The van der Waals surface area contributed by atoms with Gasteiger partial charge in [-0.05, 0) is 19.9 Å². The number of aromatic nitrogens is 4. The molecule has 0 fully saturated rings. The Morgan fingerprint density at radius 3 is 2.75 bits per heavy atom. The van der Waals surface area contributed by atoms with E-state index in [1.165, 1.54) is 13.4 Å². The van der Waals surface area contributed by atoms with E-state index in [-0.39, 0.29) is 12.5 Å². The zero-order valence-electron chi connectivity index (χ0n) is 13.9. The van der Waals surface area contributed by atoms with Gasteiger partial charge >= 0.3 is 0 Å². The number of carbonyl (C=O) groups is 1. The van der Waals surface area contributed by atoms with Crippen molar-refractivity contribution in [2.45, 2.75) is 25.8 Å². The van der Waals surface area contributed by atoms with Crippen LogP contribution >= 0.6 is 11.6 Å². The molecule has 0 aliphatic rings. The lowest BCUT2D eigenvalue weighted by Gasteiger charge is -2.23. The van der Waals surface area contributed by atoms with Gasteiger partial charge in [0.15, 0.2) is 5.82 Å². The average Bonchev–Trinajstić information content (AvgIpc) is 3.10. The van der Waals surface area contributed by atoms with Crippen LogP contribution < -0.4 is 15.0 Å². The molecule has 0 aliphatic heterocycles. The second-order valence-corrected chi connectivity index (χ2v) is 5.47. The fourth-order valence-corrected chi connectivity index (χ4v) is 2.44. The second kappa shape index (κ2) is 8.49. The van der Waals surface area contributed by atoms with Crippen molar-refractivity contribution in [3.05, 3.63) is 24.8 Å². The summed E-state index contributed by atoms with van der Waals surface area (Å²) in [6, 6.07) is 1.77. The molecule has 8 nitrogen and oxygen atoms in total. The Balaban J connectivity index is 2.22. The molecule has 9 heteroatoms. The molecule has 1 amide bonds. The molecule has 2 heterocycles. The van der Waals surface area contributed by atoms with Crippen LogP contribution in [0.3, 0.4) is 0 Å². The number of nitrogens with zero attached hydrogens (tertiary/aromatic N) is 5. The molecular formula is C15H21ClN6O2. The van der Waals surface area contributed by atoms with Crippen molar-refractivity contribution in [3.8, 4) is 5.88 Å². The number of ether oxygens (including phenoxy) is 1. The van der Waals surface area contributed by atoms with Crippen molar-refractivity contribution in [1.29, 1.82) is 0 Å². The Kier molecular flexibility index (Phi) is 6.36. The van der Waals surface area contributed by atoms with E-state index < -0.39 is 5.38 Å². The monoisotopic (exact) mass is 352 g/mol. The molecule has 2 aromatic rings. The molecule has 130 valence electrons. The summed E-state index contributed by atoms with van der Waals surface area (Å²) in [7, 11) is 1.49. The van der Waals surface area contributed by atoms with Crippen molar-refractivity contribution in [3.63, 3.8) is 0 Å². The fraction of sp³-hybridized carbons (Fsp3) is 0.467. The van der Waals surface area contributed by atoms with Crippen LogP contribution in [0, 0.1) is 0 Å². The molecule has 1 unspecified atom stereocenters. The SMILES string of the molecule is CCN(CC)c1ncnc(OC)c1NC(=O)C(Cl)Cn1cccn1. The van der Waals surface area contributed by atoms with Gasteiger partial charge in [0.05, 0.1) is 13.7 Å². The molecule has 0 bridgehead atoms. The highest BCUT2D eigenvalue weighted by Crippen LogP contribution is 2.31. The first kappa shape index (κ1) is 18.0. The first-order valence-corrected chi connectivity index (χ1v) is 8.10.